The van der Waals surface area contributed by atoms with Gasteiger partial charge in [0.05, 0.1) is 5.92 Å². The Labute approximate surface area is 110 Å². The Balaban J connectivity index is 0.00000144. The van der Waals surface area contributed by atoms with Crippen LogP contribution in [0.5, 0.6) is 0 Å². The van der Waals surface area contributed by atoms with Gasteiger partial charge in [-0.25, -0.2) is 0 Å². The third-order valence-electron chi connectivity index (χ3n) is 4.30. The van der Waals surface area contributed by atoms with E-state index in [1.54, 1.807) is 0 Å². The van der Waals surface area contributed by atoms with Crippen molar-refractivity contribution in [1.29, 1.82) is 0 Å². The van der Waals surface area contributed by atoms with E-state index in [0.717, 1.165) is 13.0 Å². The molecule has 2 rings (SSSR count). The molecule has 2 aliphatic rings. The zero-order valence-electron chi connectivity index (χ0n) is 10.8. The number of fused-ring (bicyclic) bond motifs is 2. The number of carbonyl (C=O) groups is 1. The van der Waals surface area contributed by atoms with Crippen LogP contribution in [-0.2, 0) is 4.79 Å². The van der Waals surface area contributed by atoms with E-state index in [-0.39, 0.29) is 30.3 Å². The van der Waals surface area contributed by atoms with Crippen molar-refractivity contribution < 1.29 is 4.79 Å². The number of nitrogens with two attached hydrogens (primary N) is 1. The largest absolute Gasteiger partial charge is 0.356 e. The van der Waals surface area contributed by atoms with Crippen LogP contribution in [0.3, 0.4) is 0 Å². The fourth-order valence-electron chi connectivity index (χ4n) is 3.33. The first-order chi connectivity index (χ1) is 7.59. The van der Waals surface area contributed by atoms with Crippen LogP contribution in [0.1, 0.15) is 39.5 Å². The van der Waals surface area contributed by atoms with Crippen LogP contribution in [0.4, 0.5) is 0 Å². The molecule has 3 nitrogen and oxygen atoms in total. The number of halogens is 1. The zero-order chi connectivity index (χ0) is 11.7. The predicted octanol–water partition coefficient (Wildman–Crippen LogP) is 1.94. The molecule has 100 valence electrons. The van der Waals surface area contributed by atoms with Gasteiger partial charge in [-0.2, -0.15) is 0 Å². The van der Waals surface area contributed by atoms with Gasteiger partial charge in [0, 0.05) is 12.6 Å². The Bertz CT molecular complexity index is 268. The second-order valence-corrected chi connectivity index (χ2v) is 5.91. The maximum atomic E-state index is 12.0. The third kappa shape index (κ3) is 3.14. The molecule has 4 atom stereocenters. The van der Waals surface area contributed by atoms with Crippen molar-refractivity contribution in [1.82, 2.24) is 5.32 Å². The molecule has 0 spiro atoms. The molecule has 0 aliphatic heterocycles. The van der Waals surface area contributed by atoms with Gasteiger partial charge in [-0.1, -0.05) is 13.8 Å². The van der Waals surface area contributed by atoms with Crippen molar-refractivity contribution in [3.05, 3.63) is 0 Å². The monoisotopic (exact) mass is 260 g/mol. The number of hydrogen-bond donors (Lipinski definition) is 2. The van der Waals surface area contributed by atoms with Gasteiger partial charge in [-0.3, -0.25) is 4.79 Å². The fourth-order valence-corrected chi connectivity index (χ4v) is 3.33. The molecule has 2 saturated carbocycles. The van der Waals surface area contributed by atoms with E-state index in [2.05, 4.69) is 19.2 Å². The Morgan fingerprint density at radius 3 is 2.53 bits per heavy atom. The van der Waals surface area contributed by atoms with Gasteiger partial charge >= 0.3 is 0 Å². The minimum absolute atomic E-state index is 0. The second-order valence-electron chi connectivity index (χ2n) is 5.91. The van der Waals surface area contributed by atoms with E-state index >= 15 is 0 Å². The highest BCUT2D eigenvalue weighted by atomic mass is 35.5. The summed E-state index contributed by atoms with van der Waals surface area (Å²) in [5.41, 5.74) is 6.14. The standard InChI is InChI=1S/C13H24N2O.ClH/c1-8(2)5-6-15-13(16)11-9-3-4-10(7-9)12(11)14;/h8-12H,3-7,14H2,1-2H3,(H,15,16);1H. The van der Waals surface area contributed by atoms with Crippen LogP contribution < -0.4 is 11.1 Å². The van der Waals surface area contributed by atoms with Crippen LogP contribution in [-0.4, -0.2) is 18.5 Å². The molecule has 0 radical (unpaired) electrons. The number of nitrogens with one attached hydrogen (secondary N) is 1. The van der Waals surface area contributed by atoms with E-state index in [1.165, 1.54) is 19.3 Å². The Morgan fingerprint density at radius 2 is 2.00 bits per heavy atom. The second kappa shape index (κ2) is 6.05. The first-order valence-electron chi connectivity index (χ1n) is 6.63. The number of amides is 1. The lowest BCUT2D eigenvalue weighted by atomic mass is 9.84. The lowest BCUT2D eigenvalue weighted by Gasteiger charge is -2.27. The maximum Gasteiger partial charge on any atom is 0.224 e. The third-order valence-corrected chi connectivity index (χ3v) is 4.30. The average Bonchev–Trinajstić information content (AvgIpc) is 2.76. The molecule has 4 heteroatoms. The average molecular weight is 261 g/mol. The summed E-state index contributed by atoms with van der Waals surface area (Å²) in [5, 5.41) is 3.05. The van der Waals surface area contributed by atoms with Crippen molar-refractivity contribution in [2.24, 2.45) is 29.4 Å². The molecule has 2 fully saturated rings. The summed E-state index contributed by atoms with van der Waals surface area (Å²) in [6, 6.07) is 0.123. The highest BCUT2D eigenvalue weighted by Gasteiger charge is 2.48. The summed E-state index contributed by atoms with van der Waals surface area (Å²) in [7, 11) is 0. The SMILES string of the molecule is CC(C)CCNC(=O)C1C2CCC(C2)C1N.Cl. The Hall–Kier alpha value is -0.280. The zero-order valence-corrected chi connectivity index (χ0v) is 11.6. The van der Waals surface area contributed by atoms with Gasteiger partial charge < -0.3 is 11.1 Å². The van der Waals surface area contributed by atoms with Crippen molar-refractivity contribution in [3.63, 3.8) is 0 Å². The van der Waals surface area contributed by atoms with E-state index in [0.29, 0.717) is 17.8 Å². The van der Waals surface area contributed by atoms with Crippen LogP contribution in [0, 0.1) is 23.7 Å². The highest BCUT2D eigenvalue weighted by Crippen LogP contribution is 2.47. The molecule has 1 amide bonds. The number of rotatable bonds is 4. The lowest BCUT2D eigenvalue weighted by molar-refractivity contribution is -0.127. The normalized spacial score (nSPS) is 34.8. The molecule has 0 aromatic heterocycles. The molecular weight excluding hydrogens is 236 g/mol. The van der Waals surface area contributed by atoms with Crippen molar-refractivity contribution in [2.75, 3.05) is 6.54 Å². The molecule has 17 heavy (non-hydrogen) atoms. The minimum Gasteiger partial charge on any atom is -0.356 e. The molecular formula is C13H25ClN2O. The first kappa shape index (κ1) is 14.8. The van der Waals surface area contributed by atoms with E-state index < -0.39 is 0 Å². The molecule has 0 saturated heterocycles. The van der Waals surface area contributed by atoms with Gasteiger partial charge in [0.25, 0.3) is 0 Å². The Morgan fingerprint density at radius 1 is 1.35 bits per heavy atom. The van der Waals surface area contributed by atoms with Gasteiger partial charge in [-0.05, 0) is 43.4 Å². The molecule has 0 aromatic carbocycles. The summed E-state index contributed by atoms with van der Waals surface area (Å²) < 4.78 is 0. The lowest BCUT2D eigenvalue weighted by Crippen LogP contribution is -2.45. The first-order valence-corrected chi connectivity index (χ1v) is 6.63. The van der Waals surface area contributed by atoms with Gasteiger partial charge in [0.2, 0.25) is 5.91 Å². The summed E-state index contributed by atoms with van der Waals surface area (Å²) in [4.78, 5) is 12.0. The summed E-state index contributed by atoms with van der Waals surface area (Å²) in [5.74, 6) is 2.14. The summed E-state index contributed by atoms with van der Waals surface area (Å²) in [6.45, 7) is 5.15. The van der Waals surface area contributed by atoms with E-state index in [1.807, 2.05) is 0 Å². The molecule has 2 aliphatic carbocycles. The molecule has 3 N–H and O–H groups in total. The van der Waals surface area contributed by atoms with E-state index in [4.69, 9.17) is 5.73 Å². The highest BCUT2D eigenvalue weighted by molar-refractivity contribution is 5.85. The van der Waals surface area contributed by atoms with Crippen LogP contribution in [0.2, 0.25) is 0 Å². The van der Waals surface area contributed by atoms with Crippen molar-refractivity contribution in [2.45, 2.75) is 45.6 Å². The van der Waals surface area contributed by atoms with Crippen molar-refractivity contribution in [3.8, 4) is 0 Å². The molecule has 4 unspecified atom stereocenters. The molecule has 0 heterocycles. The van der Waals surface area contributed by atoms with Crippen molar-refractivity contribution >= 4 is 18.3 Å². The summed E-state index contributed by atoms with van der Waals surface area (Å²) >= 11 is 0. The summed E-state index contributed by atoms with van der Waals surface area (Å²) in [6.07, 6.45) is 4.69. The van der Waals surface area contributed by atoms with Gasteiger partial charge in [-0.15, -0.1) is 12.4 Å². The number of carbonyl (C=O) groups excluding carboxylic acids is 1. The predicted molar refractivity (Wildman–Crippen MR) is 72.0 cm³/mol. The minimum atomic E-state index is 0. The smallest absolute Gasteiger partial charge is 0.224 e. The molecule has 0 aromatic rings. The van der Waals surface area contributed by atoms with Crippen LogP contribution >= 0.6 is 12.4 Å². The van der Waals surface area contributed by atoms with Crippen LogP contribution in [0.25, 0.3) is 0 Å². The topological polar surface area (TPSA) is 55.1 Å². The van der Waals surface area contributed by atoms with Gasteiger partial charge in [0.1, 0.15) is 0 Å². The van der Waals surface area contributed by atoms with E-state index in [9.17, 15) is 4.79 Å². The van der Waals surface area contributed by atoms with Gasteiger partial charge in [0.15, 0.2) is 0 Å². The Kier molecular flexibility index (Phi) is 5.26. The quantitative estimate of drug-likeness (QED) is 0.812. The number of hydrogen-bond acceptors (Lipinski definition) is 2. The van der Waals surface area contributed by atoms with Crippen LogP contribution in [0.15, 0.2) is 0 Å². The fraction of sp³-hybridized carbons (Fsp3) is 0.923. The maximum absolute atomic E-state index is 12.0. The molecule has 2 bridgehead atoms.